The number of sulfonamides is 1. The first-order chi connectivity index (χ1) is 11.2. The van der Waals surface area contributed by atoms with E-state index in [1.54, 1.807) is 0 Å². The number of hydrogen-bond donors (Lipinski definition) is 1. The van der Waals surface area contributed by atoms with Crippen molar-refractivity contribution in [2.45, 2.75) is 31.8 Å². The summed E-state index contributed by atoms with van der Waals surface area (Å²) in [5, 5.41) is 11.0. The molecule has 0 bridgehead atoms. The lowest BCUT2D eigenvalue weighted by Crippen LogP contribution is -2.40. The highest BCUT2D eigenvalue weighted by atomic mass is 32.2. The molecular formula is C14H19N3O6S. The Bertz CT molecular complexity index is 743. The van der Waals surface area contributed by atoms with Crippen molar-refractivity contribution in [2.24, 2.45) is 5.73 Å². The molecule has 1 saturated carbocycles. The third-order valence-corrected chi connectivity index (χ3v) is 4.77. The fourth-order valence-corrected chi connectivity index (χ4v) is 3.60. The van der Waals surface area contributed by atoms with Crippen molar-refractivity contribution in [3.8, 4) is 5.75 Å². The van der Waals surface area contributed by atoms with Gasteiger partial charge in [-0.3, -0.25) is 14.9 Å². The van der Waals surface area contributed by atoms with Crippen LogP contribution in [0, 0.1) is 10.1 Å². The number of amides is 1. The number of nitro benzene ring substituents is 1. The third kappa shape index (κ3) is 4.01. The lowest BCUT2D eigenvalue weighted by Gasteiger charge is -2.24. The number of ether oxygens (including phenoxy) is 1. The van der Waals surface area contributed by atoms with Crippen LogP contribution >= 0.6 is 0 Å². The van der Waals surface area contributed by atoms with Gasteiger partial charge in [0.25, 0.3) is 11.6 Å². The SMILES string of the molecule is CS(=O)(=O)N(C(=O)CN)c1ccc([N+](=O)[O-])cc1OC1CCCC1. The van der Waals surface area contributed by atoms with Crippen LogP contribution in [0.4, 0.5) is 11.4 Å². The topological polar surface area (TPSA) is 133 Å². The predicted octanol–water partition coefficient (Wildman–Crippen LogP) is 1.17. The van der Waals surface area contributed by atoms with E-state index in [0.717, 1.165) is 44.1 Å². The Kier molecular flexibility index (Phi) is 5.40. The summed E-state index contributed by atoms with van der Waals surface area (Å²) in [6, 6.07) is 3.45. The molecule has 0 heterocycles. The molecule has 0 radical (unpaired) electrons. The minimum atomic E-state index is -3.96. The number of carbonyl (C=O) groups excluding carboxylic acids is 1. The quantitative estimate of drug-likeness (QED) is 0.596. The van der Waals surface area contributed by atoms with E-state index in [0.29, 0.717) is 4.31 Å². The van der Waals surface area contributed by atoms with E-state index < -0.39 is 27.4 Å². The molecule has 1 aliphatic rings. The molecule has 1 aromatic rings. The van der Waals surface area contributed by atoms with Crippen molar-refractivity contribution >= 4 is 27.3 Å². The average Bonchev–Trinajstić information content (AvgIpc) is 3.00. The van der Waals surface area contributed by atoms with Crippen molar-refractivity contribution in [1.29, 1.82) is 0 Å². The first-order valence-corrected chi connectivity index (χ1v) is 9.27. The molecule has 1 aliphatic carbocycles. The van der Waals surface area contributed by atoms with E-state index in [2.05, 4.69) is 0 Å². The fourth-order valence-electron chi connectivity index (χ4n) is 2.65. The van der Waals surface area contributed by atoms with Crippen LogP contribution in [0.1, 0.15) is 25.7 Å². The van der Waals surface area contributed by atoms with Gasteiger partial charge in [-0.25, -0.2) is 12.7 Å². The zero-order chi connectivity index (χ0) is 17.9. The number of non-ortho nitro benzene ring substituents is 1. The van der Waals surface area contributed by atoms with E-state index in [1.165, 1.54) is 6.07 Å². The molecule has 10 heteroatoms. The Labute approximate surface area is 139 Å². The van der Waals surface area contributed by atoms with Gasteiger partial charge >= 0.3 is 0 Å². The molecular weight excluding hydrogens is 338 g/mol. The number of anilines is 1. The molecule has 0 atom stereocenters. The van der Waals surface area contributed by atoms with Crippen molar-refractivity contribution < 1.29 is 22.9 Å². The van der Waals surface area contributed by atoms with Gasteiger partial charge in [0, 0.05) is 6.07 Å². The largest absolute Gasteiger partial charge is 0.488 e. The number of nitrogens with zero attached hydrogens (tertiary/aromatic N) is 2. The normalized spacial score (nSPS) is 15.2. The summed E-state index contributed by atoms with van der Waals surface area (Å²) in [5.41, 5.74) is 4.98. The van der Waals surface area contributed by atoms with Gasteiger partial charge in [0.1, 0.15) is 5.69 Å². The zero-order valence-corrected chi connectivity index (χ0v) is 14.0. The number of nitrogens with two attached hydrogens (primary N) is 1. The smallest absolute Gasteiger partial charge is 0.273 e. The van der Waals surface area contributed by atoms with Crippen LogP contribution in [0.15, 0.2) is 18.2 Å². The maximum absolute atomic E-state index is 12.0. The second-order valence-corrected chi connectivity index (χ2v) is 7.39. The van der Waals surface area contributed by atoms with Crippen LogP contribution in [0.25, 0.3) is 0 Å². The molecule has 0 spiro atoms. The molecule has 132 valence electrons. The van der Waals surface area contributed by atoms with Crippen molar-refractivity contribution in [3.63, 3.8) is 0 Å². The maximum atomic E-state index is 12.0. The lowest BCUT2D eigenvalue weighted by molar-refractivity contribution is -0.384. The van der Waals surface area contributed by atoms with E-state index in [9.17, 15) is 23.3 Å². The standard InChI is InChI=1S/C14H19N3O6S/c1-24(21,22)16(14(18)9-15)12-7-6-10(17(19)20)8-13(12)23-11-4-2-3-5-11/h6-8,11H,2-5,9,15H2,1H3. The van der Waals surface area contributed by atoms with Gasteiger partial charge in [0.15, 0.2) is 5.75 Å². The Morgan fingerprint density at radius 1 is 1.42 bits per heavy atom. The Morgan fingerprint density at radius 3 is 2.54 bits per heavy atom. The van der Waals surface area contributed by atoms with Gasteiger partial charge in [-0.1, -0.05) is 0 Å². The number of benzene rings is 1. The first kappa shape index (κ1) is 18.1. The Hall–Kier alpha value is -2.20. The molecule has 0 unspecified atom stereocenters. The number of rotatable bonds is 6. The van der Waals surface area contributed by atoms with Crippen molar-refractivity contribution in [3.05, 3.63) is 28.3 Å². The molecule has 0 aliphatic heterocycles. The summed E-state index contributed by atoms with van der Waals surface area (Å²) < 4.78 is 30.3. The van der Waals surface area contributed by atoms with Gasteiger partial charge in [0.05, 0.1) is 29.9 Å². The lowest BCUT2D eigenvalue weighted by atomic mass is 10.2. The van der Waals surface area contributed by atoms with E-state index in [1.807, 2.05) is 0 Å². The maximum Gasteiger partial charge on any atom is 0.273 e. The monoisotopic (exact) mass is 357 g/mol. The van der Waals surface area contributed by atoms with E-state index >= 15 is 0 Å². The minimum Gasteiger partial charge on any atom is -0.488 e. The summed E-state index contributed by atoms with van der Waals surface area (Å²) in [6.45, 7) is -0.521. The van der Waals surface area contributed by atoms with Gasteiger partial charge in [-0.2, -0.15) is 0 Å². The zero-order valence-electron chi connectivity index (χ0n) is 13.2. The highest BCUT2D eigenvalue weighted by Gasteiger charge is 2.30. The van der Waals surface area contributed by atoms with Gasteiger partial charge in [0.2, 0.25) is 10.0 Å². The third-order valence-electron chi connectivity index (χ3n) is 3.70. The van der Waals surface area contributed by atoms with Crippen LogP contribution in [0.3, 0.4) is 0 Å². The molecule has 9 nitrogen and oxygen atoms in total. The summed E-state index contributed by atoms with van der Waals surface area (Å²) in [4.78, 5) is 22.4. The van der Waals surface area contributed by atoms with Crippen LogP contribution in [0.2, 0.25) is 0 Å². The fraction of sp³-hybridized carbons (Fsp3) is 0.500. The second-order valence-electron chi connectivity index (χ2n) is 5.56. The number of carbonyl (C=O) groups is 1. The average molecular weight is 357 g/mol. The summed E-state index contributed by atoms with van der Waals surface area (Å²) in [6.07, 6.45) is 4.16. The molecule has 1 amide bonds. The molecule has 2 N–H and O–H groups in total. The molecule has 24 heavy (non-hydrogen) atoms. The van der Waals surface area contributed by atoms with Gasteiger partial charge < -0.3 is 10.5 Å². The van der Waals surface area contributed by atoms with Gasteiger partial charge in [-0.15, -0.1) is 0 Å². The van der Waals surface area contributed by atoms with Crippen molar-refractivity contribution in [1.82, 2.24) is 0 Å². The highest BCUT2D eigenvalue weighted by Crippen LogP contribution is 2.36. The van der Waals surface area contributed by atoms with E-state index in [-0.39, 0.29) is 23.2 Å². The summed E-state index contributed by atoms with van der Waals surface area (Å²) >= 11 is 0. The van der Waals surface area contributed by atoms with Crippen LogP contribution in [-0.2, 0) is 14.8 Å². The second kappa shape index (κ2) is 7.14. The molecule has 1 fully saturated rings. The van der Waals surface area contributed by atoms with Crippen molar-refractivity contribution in [2.75, 3.05) is 17.1 Å². The highest BCUT2D eigenvalue weighted by molar-refractivity contribution is 7.92. The Balaban J connectivity index is 2.53. The molecule has 0 saturated heterocycles. The predicted molar refractivity (Wildman–Crippen MR) is 87.4 cm³/mol. The first-order valence-electron chi connectivity index (χ1n) is 7.42. The van der Waals surface area contributed by atoms with Gasteiger partial charge in [-0.05, 0) is 31.7 Å². The Morgan fingerprint density at radius 2 is 2.04 bits per heavy atom. The summed E-state index contributed by atoms with van der Waals surface area (Å²) in [5.74, 6) is -0.856. The molecule has 0 aromatic heterocycles. The minimum absolute atomic E-state index is 0.0108. The number of nitro groups is 1. The van der Waals surface area contributed by atoms with Crippen LogP contribution in [0.5, 0.6) is 5.75 Å². The molecule has 1 aromatic carbocycles. The van der Waals surface area contributed by atoms with E-state index in [4.69, 9.17) is 10.5 Å². The van der Waals surface area contributed by atoms with Crippen LogP contribution < -0.4 is 14.8 Å². The molecule has 2 rings (SSSR count). The summed E-state index contributed by atoms with van der Waals surface area (Å²) in [7, 11) is -3.96. The number of hydrogen-bond acceptors (Lipinski definition) is 7. The van der Waals surface area contributed by atoms with Crippen LogP contribution in [-0.4, -0.2) is 38.2 Å².